The standard InChI is InChI=1S/C20H15F2N3O3/c21-15-3-2-13(8-16(15)22)25-14-5-6-23-17(9-14)20(26)24-10-12-1-4-18-19(7-12)28-11-27-18/h1-9H,10-11H2,(H,23,25)(H,24,26). The molecule has 2 heterocycles. The zero-order valence-electron chi connectivity index (χ0n) is 14.5. The summed E-state index contributed by atoms with van der Waals surface area (Å²) in [6.45, 7) is 0.477. The maximum absolute atomic E-state index is 13.3. The van der Waals surface area contributed by atoms with Gasteiger partial charge in [-0.05, 0) is 42.0 Å². The lowest BCUT2D eigenvalue weighted by Gasteiger charge is -2.09. The lowest BCUT2D eigenvalue weighted by Crippen LogP contribution is -2.23. The number of nitrogens with zero attached hydrogens (tertiary/aromatic N) is 1. The summed E-state index contributed by atoms with van der Waals surface area (Å²) in [7, 11) is 0. The van der Waals surface area contributed by atoms with Crippen LogP contribution in [0.4, 0.5) is 20.2 Å². The molecule has 1 aliphatic heterocycles. The SMILES string of the molecule is O=C(NCc1ccc2c(c1)OCO2)c1cc(Nc2ccc(F)c(F)c2)ccn1. The fraction of sp³-hybridized carbons (Fsp3) is 0.100. The topological polar surface area (TPSA) is 72.5 Å². The minimum atomic E-state index is -0.958. The number of rotatable bonds is 5. The molecule has 0 radical (unpaired) electrons. The van der Waals surface area contributed by atoms with Gasteiger partial charge in [0.25, 0.3) is 5.91 Å². The van der Waals surface area contributed by atoms with Crippen molar-refractivity contribution in [1.29, 1.82) is 0 Å². The van der Waals surface area contributed by atoms with Gasteiger partial charge in [-0.2, -0.15) is 0 Å². The highest BCUT2D eigenvalue weighted by Gasteiger charge is 2.14. The highest BCUT2D eigenvalue weighted by atomic mass is 19.2. The summed E-state index contributed by atoms with van der Waals surface area (Å²) in [4.78, 5) is 16.4. The van der Waals surface area contributed by atoms with Gasteiger partial charge in [0.05, 0.1) is 0 Å². The number of aromatic nitrogens is 1. The Bertz CT molecular complexity index is 1040. The van der Waals surface area contributed by atoms with Crippen LogP contribution in [-0.4, -0.2) is 17.7 Å². The van der Waals surface area contributed by atoms with Crippen LogP contribution < -0.4 is 20.1 Å². The Morgan fingerprint density at radius 2 is 1.79 bits per heavy atom. The van der Waals surface area contributed by atoms with Crippen molar-refractivity contribution in [1.82, 2.24) is 10.3 Å². The summed E-state index contributed by atoms with van der Waals surface area (Å²) in [6, 6.07) is 12.0. The van der Waals surface area contributed by atoms with Crippen LogP contribution in [0.25, 0.3) is 0 Å². The molecule has 1 aliphatic rings. The van der Waals surface area contributed by atoms with E-state index in [4.69, 9.17) is 9.47 Å². The molecule has 0 aliphatic carbocycles. The second kappa shape index (κ2) is 7.51. The molecule has 142 valence electrons. The molecule has 0 bridgehead atoms. The van der Waals surface area contributed by atoms with E-state index in [0.717, 1.165) is 17.7 Å². The summed E-state index contributed by atoms with van der Waals surface area (Å²) >= 11 is 0. The van der Waals surface area contributed by atoms with Crippen molar-refractivity contribution in [2.75, 3.05) is 12.1 Å². The molecule has 0 unspecified atom stereocenters. The minimum absolute atomic E-state index is 0.187. The van der Waals surface area contributed by atoms with Gasteiger partial charge < -0.3 is 20.1 Å². The van der Waals surface area contributed by atoms with Crippen LogP contribution in [0.5, 0.6) is 11.5 Å². The Balaban J connectivity index is 1.41. The molecule has 0 saturated carbocycles. The number of pyridine rings is 1. The molecule has 0 saturated heterocycles. The van der Waals surface area contributed by atoms with Gasteiger partial charge >= 0.3 is 0 Å². The number of hydrogen-bond donors (Lipinski definition) is 2. The van der Waals surface area contributed by atoms with Crippen molar-refractivity contribution in [3.8, 4) is 11.5 Å². The second-order valence-electron chi connectivity index (χ2n) is 6.05. The Hall–Kier alpha value is -3.68. The molecule has 0 spiro atoms. The van der Waals surface area contributed by atoms with Gasteiger partial charge in [0.15, 0.2) is 23.1 Å². The van der Waals surface area contributed by atoms with E-state index < -0.39 is 11.6 Å². The van der Waals surface area contributed by atoms with Crippen LogP contribution >= 0.6 is 0 Å². The van der Waals surface area contributed by atoms with E-state index >= 15 is 0 Å². The van der Waals surface area contributed by atoms with Crippen LogP contribution in [0.1, 0.15) is 16.1 Å². The van der Waals surface area contributed by atoms with Crippen LogP contribution in [-0.2, 0) is 6.54 Å². The molecule has 2 N–H and O–H groups in total. The first-order valence-corrected chi connectivity index (χ1v) is 8.43. The Morgan fingerprint density at radius 1 is 0.964 bits per heavy atom. The molecule has 1 amide bonds. The van der Waals surface area contributed by atoms with Crippen LogP contribution in [0.2, 0.25) is 0 Å². The highest BCUT2D eigenvalue weighted by molar-refractivity contribution is 5.93. The second-order valence-corrected chi connectivity index (χ2v) is 6.05. The maximum atomic E-state index is 13.3. The fourth-order valence-electron chi connectivity index (χ4n) is 2.70. The lowest BCUT2D eigenvalue weighted by molar-refractivity contribution is 0.0946. The average molecular weight is 383 g/mol. The van der Waals surface area contributed by atoms with Gasteiger partial charge in [-0.3, -0.25) is 9.78 Å². The smallest absolute Gasteiger partial charge is 0.270 e. The number of ether oxygens (including phenoxy) is 2. The quantitative estimate of drug-likeness (QED) is 0.702. The number of carbonyl (C=O) groups excluding carboxylic acids is 1. The number of benzene rings is 2. The van der Waals surface area contributed by atoms with Crippen molar-refractivity contribution in [3.63, 3.8) is 0 Å². The molecule has 1 aromatic heterocycles. The van der Waals surface area contributed by atoms with Crippen LogP contribution in [0, 0.1) is 11.6 Å². The molecule has 0 fully saturated rings. The van der Waals surface area contributed by atoms with Gasteiger partial charge in [-0.25, -0.2) is 8.78 Å². The zero-order valence-corrected chi connectivity index (χ0v) is 14.5. The Morgan fingerprint density at radius 3 is 2.64 bits per heavy atom. The number of hydrogen-bond acceptors (Lipinski definition) is 5. The van der Waals surface area contributed by atoms with Crippen molar-refractivity contribution in [3.05, 3.63) is 77.6 Å². The zero-order chi connectivity index (χ0) is 19.5. The molecule has 4 rings (SSSR count). The number of carbonyl (C=O) groups is 1. The molecular weight excluding hydrogens is 368 g/mol. The van der Waals surface area contributed by atoms with Gasteiger partial charge in [0.1, 0.15) is 5.69 Å². The van der Waals surface area contributed by atoms with Crippen molar-refractivity contribution < 1.29 is 23.0 Å². The molecule has 2 aromatic carbocycles. The number of fused-ring (bicyclic) bond motifs is 1. The van der Waals surface area contributed by atoms with Gasteiger partial charge in [0.2, 0.25) is 6.79 Å². The third-order valence-electron chi connectivity index (χ3n) is 4.09. The molecule has 6 nitrogen and oxygen atoms in total. The van der Waals surface area contributed by atoms with Crippen molar-refractivity contribution in [2.24, 2.45) is 0 Å². The van der Waals surface area contributed by atoms with E-state index in [0.29, 0.717) is 22.9 Å². The molecule has 0 atom stereocenters. The average Bonchev–Trinajstić information content (AvgIpc) is 3.17. The van der Waals surface area contributed by atoms with E-state index in [1.54, 1.807) is 18.2 Å². The third kappa shape index (κ3) is 3.85. The third-order valence-corrected chi connectivity index (χ3v) is 4.09. The molecular formula is C20H15F2N3O3. The van der Waals surface area contributed by atoms with Crippen molar-refractivity contribution >= 4 is 17.3 Å². The van der Waals surface area contributed by atoms with E-state index in [-0.39, 0.29) is 24.9 Å². The predicted octanol–water partition coefficient (Wildman–Crippen LogP) is 3.76. The maximum Gasteiger partial charge on any atom is 0.270 e. The molecule has 8 heteroatoms. The minimum Gasteiger partial charge on any atom is -0.454 e. The normalized spacial score (nSPS) is 11.9. The monoisotopic (exact) mass is 383 g/mol. The van der Waals surface area contributed by atoms with Gasteiger partial charge in [-0.1, -0.05) is 6.07 Å². The highest BCUT2D eigenvalue weighted by Crippen LogP contribution is 2.32. The number of anilines is 2. The number of halogens is 2. The summed E-state index contributed by atoms with van der Waals surface area (Å²) in [5, 5.41) is 5.69. The summed E-state index contributed by atoms with van der Waals surface area (Å²) in [5.41, 5.74) is 1.92. The van der Waals surface area contributed by atoms with Crippen LogP contribution in [0.3, 0.4) is 0 Å². The lowest BCUT2D eigenvalue weighted by atomic mass is 10.2. The first-order valence-electron chi connectivity index (χ1n) is 8.43. The molecule has 28 heavy (non-hydrogen) atoms. The largest absolute Gasteiger partial charge is 0.454 e. The number of nitrogens with one attached hydrogen (secondary N) is 2. The summed E-state index contributed by atoms with van der Waals surface area (Å²) in [5.74, 6) is -0.938. The van der Waals surface area contributed by atoms with E-state index in [2.05, 4.69) is 15.6 Å². The Labute approximate surface area is 159 Å². The summed E-state index contributed by atoms with van der Waals surface area (Å²) in [6.07, 6.45) is 1.46. The Kier molecular flexibility index (Phi) is 4.76. The first-order chi connectivity index (χ1) is 13.6. The fourth-order valence-corrected chi connectivity index (χ4v) is 2.70. The number of amides is 1. The summed E-state index contributed by atoms with van der Waals surface area (Å²) < 4.78 is 36.9. The van der Waals surface area contributed by atoms with E-state index in [1.807, 2.05) is 6.07 Å². The molecule has 3 aromatic rings. The van der Waals surface area contributed by atoms with Crippen molar-refractivity contribution in [2.45, 2.75) is 6.54 Å². The van der Waals surface area contributed by atoms with Crippen LogP contribution in [0.15, 0.2) is 54.7 Å². The predicted molar refractivity (Wildman–Crippen MR) is 97.6 cm³/mol. The van der Waals surface area contributed by atoms with E-state index in [1.165, 1.54) is 18.3 Å². The van der Waals surface area contributed by atoms with Gasteiger partial charge in [-0.15, -0.1) is 0 Å². The van der Waals surface area contributed by atoms with E-state index in [9.17, 15) is 13.6 Å². The first kappa shape index (κ1) is 17.7. The van der Waals surface area contributed by atoms with Gasteiger partial charge in [0, 0.05) is 30.2 Å².